The van der Waals surface area contributed by atoms with Gasteiger partial charge in [0.1, 0.15) is 0 Å². The Labute approximate surface area is 124 Å². The lowest BCUT2D eigenvalue weighted by atomic mass is 10.2. The number of benzene rings is 1. The largest absolute Gasteiger partial charge is 0.478 e. The van der Waals surface area contributed by atoms with Crippen LogP contribution in [0, 0.1) is 12.3 Å². The highest BCUT2D eigenvalue weighted by Gasteiger charge is 2.18. The number of carboxylic acids is 1. The lowest BCUT2D eigenvalue weighted by Crippen LogP contribution is -2.31. The number of halogens is 1. The molecule has 1 rings (SSSR count). The number of hydrogen-bond acceptors (Lipinski definition) is 3. The average molecular weight is 342 g/mol. The molecule has 0 bridgehead atoms. The Morgan fingerprint density at radius 1 is 1.58 bits per heavy atom. The van der Waals surface area contributed by atoms with E-state index in [1.807, 2.05) is 0 Å². The molecule has 1 aromatic carbocycles. The van der Waals surface area contributed by atoms with Gasteiger partial charge in [-0.3, -0.25) is 4.79 Å². The smallest absolute Gasteiger partial charge is 0.336 e. The Balaban J connectivity index is 2.87. The molecular weight excluding hydrogens is 330 g/mol. The van der Waals surface area contributed by atoms with E-state index in [-0.39, 0.29) is 18.0 Å². The van der Waals surface area contributed by atoms with Crippen molar-refractivity contribution in [1.29, 1.82) is 0 Å². The summed E-state index contributed by atoms with van der Waals surface area (Å²) in [6, 6.07) is 4.83. The highest BCUT2D eigenvalue weighted by molar-refractivity contribution is 9.10. The van der Waals surface area contributed by atoms with Crippen LogP contribution >= 0.6 is 27.7 Å². The maximum absolute atomic E-state index is 11.7. The molecule has 1 atom stereocenters. The van der Waals surface area contributed by atoms with Gasteiger partial charge in [-0.1, -0.05) is 21.9 Å². The second-order valence-corrected chi connectivity index (χ2v) is 5.93. The molecule has 0 saturated carbocycles. The summed E-state index contributed by atoms with van der Waals surface area (Å²) in [5.74, 6) is 1.07. The van der Waals surface area contributed by atoms with E-state index in [0.29, 0.717) is 4.90 Å². The molecule has 1 aromatic rings. The van der Waals surface area contributed by atoms with Crippen LogP contribution in [-0.4, -0.2) is 28.8 Å². The molecule has 0 fully saturated rings. The van der Waals surface area contributed by atoms with Crippen LogP contribution in [0.5, 0.6) is 0 Å². The minimum Gasteiger partial charge on any atom is -0.478 e. The predicted molar refractivity (Wildman–Crippen MR) is 78.3 cm³/mol. The highest BCUT2D eigenvalue weighted by Crippen LogP contribution is 2.29. The maximum Gasteiger partial charge on any atom is 0.336 e. The van der Waals surface area contributed by atoms with E-state index in [0.717, 1.165) is 4.47 Å². The van der Waals surface area contributed by atoms with Crippen molar-refractivity contribution in [3.63, 3.8) is 0 Å². The van der Waals surface area contributed by atoms with Crippen molar-refractivity contribution < 1.29 is 14.7 Å². The Bertz CT molecular complexity index is 539. The van der Waals surface area contributed by atoms with Gasteiger partial charge in [0.05, 0.1) is 17.4 Å². The summed E-state index contributed by atoms with van der Waals surface area (Å²) in [6.07, 6.45) is 5.06. The van der Waals surface area contributed by atoms with Crippen molar-refractivity contribution in [2.45, 2.75) is 17.1 Å². The number of aromatic carboxylic acids is 1. The number of carbonyl (C=O) groups is 2. The molecule has 0 saturated heterocycles. The van der Waals surface area contributed by atoms with E-state index in [1.165, 1.54) is 17.8 Å². The fourth-order valence-electron chi connectivity index (χ4n) is 1.30. The average Bonchev–Trinajstić information content (AvgIpc) is 2.35. The van der Waals surface area contributed by atoms with Crippen LogP contribution in [0.3, 0.4) is 0 Å². The van der Waals surface area contributed by atoms with E-state index in [9.17, 15) is 9.59 Å². The van der Waals surface area contributed by atoms with Crippen LogP contribution in [0.1, 0.15) is 17.3 Å². The highest BCUT2D eigenvalue weighted by atomic mass is 79.9. The molecule has 0 aromatic heterocycles. The van der Waals surface area contributed by atoms with Crippen molar-refractivity contribution in [3.05, 3.63) is 28.2 Å². The molecule has 0 spiro atoms. The van der Waals surface area contributed by atoms with Gasteiger partial charge in [-0.25, -0.2) is 4.79 Å². The molecule has 0 radical (unpaired) electrons. The lowest BCUT2D eigenvalue weighted by molar-refractivity contribution is -0.120. The number of amides is 1. The number of carbonyl (C=O) groups excluding carboxylic acids is 1. The van der Waals surface area contributed by atoms with Crippen molar-refractivity contribution >= 4 is 39.6 Å². The van der Waals surface area contributed by atoms with E-state index >= 15 is 0 Å². The van der Waals surface area contributed by atoms with Gasteiger partial charge in [0, 0.05) is 9.37 Å². The monoisotopic (exact) mass is 341 g/mol. The van der Waals surface area contributed by atoms with Crippen molar-refractivity contribution in [2.75, 3.05) is 6.54 Å². The quantitative estimate of drug-likeness (QED) is 0.637. The van der Waals surface area contributed by atoms with Crippen LogP contribution < -0.4 is 5.32 Å². The fraction of sp³-hybridized carbons (Fsp3) is 0.231. The predicted octanol–water partition coefficient (Wildman–Crippen LogP) is 2.38. The molecule has 1 amide bonds. The van der Waals surface area contributed by atoms with Gasteiger partial charge >= 0.3 is 5.97 Å². The van der Waals surface area contributed by atoms with Gasteiger partial charge in [-0.15, -0.1) is 18.2 Å². The summed E-state index contributed by atoms with van der Waals surface area (Å²) in [6.45, 7) is 1.86. The first-order chi connectivity index (χ1) is 8.95. The van der Waals surface area contributed by atoms with Crippen LogP contribution in [0.15, 0.2) is 27.6 Å². The zero-order chi connectivity index (χ0) is 14.4. The Hall–Kier alpha value is -1.45. The van der Waals surface area contributed by atoms with Crippen molar-refractivity contribution in [2.24, 2.45) is 0 Å². The maximum atomic E-state index is 11.7. The topological polar surface area (TPSA) is 66.4 Å². The second kappa shape index (κ2) is 7.22. The number of thioether (sulfide) groups is 1. The van der Waals surface area contributed by atoms with Crippen LogP contribution in [-0.2, 0) is 4.79 Å². The number of nitrogens with one attached hydrogen (secondary N) is 1. The second-order valence-electron chi connectivity index (χ2n) is 3.63. The van der Waals surface area contributed by atoms with Crippen molar-refractivity contribution in [1.82, 2.24) is 5.32 Å². The Kier molecular flexibility index (Phi) is 5.93. The SMILES string of the molecule is C#CCNC(=O)C(C)Sc1cc(Br)ccc1C(=O)O. The molecule has 19 heavy (non-hydrogen) atoms. The van der Waals surface area contributed by atoms with Gasteiger partial charge in [0.2, 0.25) is 5.91 Å². The third-order valence-corrected chi connectivity index (χ3v) is 3.86. The first kappa shape index (κ1) is 15.6. The molecule has 0 aliphatic rings. The Morgan fingerprint density at radius 2 is 2.26 bits per heavy atom. The zero-order valence-electron chi connectivity index (χ0n) is 10.1. The molecule has 0 aliphatic heterocycles. The minimum atomic E-state index is -1.02. The first-order valence-electron chi connectivity index (χ1n) is 5.36. The molecule has 6 heteroatoms. The van der Waals surface area contributed by atoms with Crippen LogP contribution in [0.4, 0.5) is 0 Å². The van der Waals surface area contributed by atoms with Crippen LogP contribution in [0.2, 0.25) is 0 Å². The number of carboxylic acid groups (broad SMARTS) is 1. The summed E-state index contributed by atoms with van der Waals surface area (Å²) in [5.41, 5.74) is 0.171. The molecule has 4 nitrogen and oxygen atoms in total. The molecule has 1 unspecified atom stereocenters. The summed E-state index contributed by atoms with van der Waals surface area (Å²) in [4.78, 5) is 23.3. The van der Waals surface area contributed by atoms with Crippen molar-refractivity contribution in [3.8, 4) is 12.3 Å². The summed E-state index contributed by atoms with van der Waals surface area (Å²) in [7, 11) is 0. The Morgan fingerprint density at radius 3 is 2.84 bits per heavy atom. The molecule has 2 N–H and O–H groups in total. The van der Waals surface area contributed by atoms with Crippen LogP contribution in [0.25, 0.3) is 0 Å². The molecule has 100 valence electrons. The molecular formula is C13H12BrNO3S. The van der Waals surface area contributed by atoms with Gasteiger partial charge in [0.15, 0.2) is 0 Å². The third-order valence-electron chi connectivity index (χ3n) is 2.21. The summed E-state index contributed by atoms with van der Waals surface area (Å²) in [5, 5.41) is 11.2. The summed E-state index contributed by atoms with van der Waals surface area (Å²) < 4.78 is 0.760. The number of rotatable bonds is 5. The van der Waals surface area contributed by atoms with E-state index < -0.39 is 11.2 Å². The number of terminal acetylenes is 1. The zero-order valence-corrected chi connectivity index (χ0v) is 12.5. The standard InChI is InChI=1S/C13H12BrNO3S/c1-3-6-15-12(16)8(2)19-11-7-9(14)4-5-10(11)13(17)18/h1,4-5,7-8H,6H2,2H3,(H,15,16)(H,17,18). The van der Waals surface area contributed by atoms with E-state index in [1.54, 1.807) is 19.1 Å². The first-order valence-corrected chi connectivity index (χ1v) is 7.03. The van der Waals surface area contributed by atoms with Gasteiger partial charge < -0.3 is 10.4 Å². The molecule has 0 heterocycles. The number of hydrogen-bond donors (Lipinski definition) is 2. The van der Waals surface area contributed by atoms with E-state index in [4.69, 9.17) is 11.5 Å². The normalized spacial score (nSPS) is 11.4. The van der Waals surface area contributed by atoms with Gasteiger partial charge in [-0.2, -0.15) is 0 Å². The fourth-order valence-corrected chi connectivity index (χ4v) is 2.86. The van der Waals surface area contributed by atoms with Gasteiger partial charge in [-0.05, 0) is 25.1 Å². The van der Waals surface area contributed by atoms with Gasteiger partial charge in [0.25, 0.3) is 0 Å². The lowest BCUT2D eigenvalue weighted by Gasteiger charge is -2.12. The molecule has 0 aliphatic carbocycles. The van der Waals surface area contributed by atoms with E-state index in [2.05, 4.69) is 27.2 Å². The third kappa shape index (κ3) is 4.62. The summed E-state index contributed by atoms with van der Waals surface area (Å²) >= 11 is 4.46. The minimum absolute atomic E-state index is 0.161.